The molecular formula is C24H30N2O4. The van der Waals surface area contributed by atoms with Crippen molar-refractivity contribution in [1.82, 2.24) is 9.80 Å². The fourth-order valence-corrected chi connectivity index (χ4v) is 3.54. The molecule has 2 aromatic rings. The maximum atomic E-state index is 12.6. The summed E-state index contributed by atoms with van der Waals surface area (Å²) in [5.74, 6) is 1.52. The van der Waals surface area contributed by atoms with Crippen molar-refractivity contribution in [2.24, 2.45) is 0 Å². The molecule has 0 saturated carbocycles. The van der Waals surface area contributed by atoms with Crippen molar-refractivity contribution < 1.29 is 19.1 Å². The van der Waals surface area contributed by atoms with Crippen LogP contribution in [-0.4, -0.2) is 61.0 Å². The molecule has 0 unspecified atom stereocenters. The Morgan fingerprint density at radius 1 is 0.867 bits per heavy atom. The van der Waals surface area contributed by atoms with E-state index in [9.17, 15) is 9.59 Å². The summed E-state index contributed by atoms with van der Waals surface area (Å²) in [5.41, 5.74) is 2.19. The summed E-state index contributed by atoms with van der Waals surface area (Å²) >= 11 is 0. The molecule has 0 bridgehead atoms. The van der Waals surface area contributed by atoms with Gasteiger partial charge in [-0.3, -0.25) is 9.59 Å². The van der Waals surface area contributed by atoms with E-state index < -0.39 is 0 Å². The minimum atomic E-state index is -0.0447. The first-order chi connectivity index (χ1) is 14.5. The molecule has 3 rings (SSSR count). The van der Waals surface area contributed by atoms with Crippen molar-refractivity contribution in [1.29, 1.82) is 0 Å². The molecule has 1 aliphatic rings. The number of hydrogen-bond acceptors (Lipinski definition) is 4. The number of nitrogens with zero attached hydrogens (tertiary/aromatic N) is 2. The Balaban J connectivity index is 1.42. The lowest BCUT2D eigenvalue weighted by Crippen LogP contribution is -2.39. The van der Waals surface area contributed by atoms with Crippen LogP contribution in [0.3, 0.4) is 0 Å². The van der Waals surface area contributed by atoms with Gasteiger partial charge in [0.25, 0.3) is 5.91 Å². The molecule has 6 heteroatoms. The molecule has 1 heterocycles. The zero-order valence-corrected chi connectivity index (χ0v) is 17.8. The summed E-state index contributed by atoms with van der Waals surface area (Å²) in [7, 11) is 0. The van der Waals surface area contributed by atoms with E-state index in [1.165, 1.54) is 0 Å². The molecule has 2 aromatic carbocycles. The molecule has 0 radical (unpaired) electrons. The van der Waals surface area contributed by atoms with E-state index in [0.29, 0.717) is 39.2 Å². The highest BCUT2D eigenvalue weighted by molar-refractivity contribution is 5.78. The third-order valence-electron chi connectivity index (χ3n) is 5.21. The number of carbonyl (C=O) groups is 2. The van der Waals surface area contributed by atoms with E-state index in [-0.39, 0.29) is 18.4 Å². The lowest BCUT2D eigenvalue weighted by Gasteiger charge is -2.22. The monoisotopic (exact) mass is 410 g/mol. The summed E-state index contributed by atoms with van der Waals surface area (Å²) in [4.78, 5) is 28.7. The standard InChI is InChI=1S/C24H30N2O4/c1-19-9-10-22(20(2)17-19)30-18-24(28)26-13-6-12-25(14-15-26)23(27)11-16-29-21-7-4-3-5-8-21/h3-5,7-10,17H,6,11-16,18H2,1-2H3. The predicted molar refractivity (Wildman–Crippen MR) is 116 cm³/mol. The summed E-state index contributed by atoms with van der Waals surface area (Å²) in [6, 6.07) is 15.4. The van der Waals surface area contributed by atoms with Crippen molar-refractivity contribution in [3.8, 4) is 11.5 Å². The van der Waals surface area contributed by atoms with E-state index in [2.05, 4.69) is 0 Å². The number of benzene rings is 2. The van der Waals surface area contributed by atoms with Gasteiger partial charge in [0.15, 0.2) is 6.61 Å². The Kier molecular flexibility index (Phi) is 7.71. The average molecular weight is 411 g/mol. The summed E-state index contributed by atoms with van der Waals surface area (Å²) in [6.45, 7) is 6.74. The number of carbonyl (C=O) groups excluding carboxylic acids is 2. The summed E-state index contributed by atoms with van der Waals surface area (Å²) in [6.07, 6.45) is 1.10. The highest BCUT2D eigenvalue weighted by Crippen LogP contribution is 2.19. The maximum Gasteiger partial charge on any atom is 0.260 e. The van der Waals surface area contributed by atoms with Gasteiger partial charge in [-0.15, -0.1) is 0 Å². The second-order valence-electron chi connectivity index (χ2n) is 7.58. The highest BCUT2D eigenvalue weighted by Gasteiger charge is 2.22. The Bertz CT molecular complexity index is 854. The van der Waals surface area contributed by atoms with Gasteiger partial charge in [-0.1, -0.05) is 35.9 Å². The van der Waals surface area contributed by atoms with E-state index in [0.717, 1.165) is 29.0 Å². The molecular weight excluding hydrogens is 380 g/mol. The number of amides is 2. The lowest BCUT2D eigenvalue weighted by atomic mass is 10.1. The van der Waals surface area contributed by atoms with Crippen LogP contribution in [0, 0.1) is 13.8 Å². The van der Waals surface area contributed by atoms with Crippen LogP contribution in [-0.2, 0) is 9.59 Å². The fourth-order valence-electron chi connectivity index (χ4n) is 3.54. The van der Waals surface area contributed by atoms with Gasteiger partial charge in [-0.2, -0.15) is 0 Å². The van der Waals surface area contributed by atoms with Gasteiger partial charge in [-0.25, -0.2) is 0 Å². The molecule has 0 aromatic heterocycles. The molecule has 30 heavy (non-hydrogen) atoms. The smallest absolute Gasteiger partial charge is 0.260 e. The van der Waals surface area contributed by atoms with Gasteiger partial charge in [0, 0.05) is 26.2 Å². The Labute approximate surface area is 178 Å². The first-order valence-corrected chi connectivity index (χ1v) is 10.5. The van der Waals surface area contributed by atoms with Gasteiger partial charge in [0.2, 0.25) is 5.91 Å². The van der Waals surface area contributed by atoms with E-state index in [4.69, 9.17) is 9.47 Å². The molecule has 1 aliphatic heterocycles. The zero-order valence-electron chi connectivity index (χ0n) is 17.8. The molecule has 6 nitrogen and oxygen atoms in total. The van der Waals surface area contributed by atoms with E-state index >= 15 is 0 Å². The SMILES string of the molecule is Cc1ccc(OCC(=O)N2CCCN(C(=O)CCOc3ccccc3)CC2)c(C)c1. The number of rotatable bonds is 7. The topological polar surface area (TPSA) is 59.1 Å². The Morgan fingerprint density at radius 3 is 2.27 bits per heavy atom. The number of aryl methyl sites for hydroxylation is 2. The minimum absolute atomic E-state index is 0.0166. The number of para-hydroxylation sites is 1. The van der Waals surface area contributed by atoms with Crippen LogP contribution in [0.25, 0.3) is 0 Å². The third-order valence-corrected chi connectivity index (χ3v) is 5.21. The number of hydrogen-bond donors (Lipinski definition) is 0. The second kappa shape index (κ2) is 10.7. The van der Waals surface area contributed by atoms with Crippen LogP contribution in [0.15, 0.2) is 48.5 Å². The average Bonchev–Trinajstić information content (AvgIpc) is 3.00. The quantitative estimate of drug-likeness (QED) is 0.703. The highest BCUT2D eigenvalue weighted by atomic mass is 16.5. The van der Waals surface area contributed by atoms with Gasteiger partial charge in [0.1, 0.15) is 11.5 Å². The van der Waals surface area contributed by atoms with Gasteiger partial charge in [-0.05, 0) is 44.0 Å². The number of ether oxygens (including phenoxy) is 2. The Hall–Kier alpha value is -3.02. The van der Waals surface area contributed by atoms with Crippen LogP contribution in [0.1, 0.15) is 24.0 Å². The largest absolute Gasteiger partial charge is 0.493 e. The van der Waals surface area contributed by atoms with Crippen molar-refractivity contribution in [3.05, 3.63) is 59.7 Å². The molecule has 0 N–H and O–H groups in total. The zero-order chi connectivity index (χ0) is 21.3. The summed E-state index contributed by atoms with van der Waals surface area (Å²) in [5, 5.41) is 0. The molecule has 2 amide bonds. The Morgan fingerprint density at radius 2 is 1.57 bits per heavy atom. The maximum absolute atomic E-state index is 12.6. The predicted octanol–water partition coefficient (Wildman–Crippen LogP) is 3.21. The molecule has 0 aliphatic carbocycles. The fraction of sp³-hybridized carbons (Fsp3) is 0.417. The second-order valence-corrected chi connectivity index (χ2v) is 7.58. The van der Waals surface area contributed by atoms with E-state index in [1.807, 2.05) is 67.3 Å². The third kappa shape index (κ3) is 6.24. The minimum Gasteiger partial charge on any atom is -0.493 e. The van der Waals surface area contributed by atoms with Crippen LogP contribution in [0.2, 0.25) is 0 Å². The van der Waals surface area contributed by atoms with Crippen molar-refractivity contribution >= 4 is 11.8 Å². The van der Waals surface area contributed by atoms with E-state index in [1.54, 1.807) is 4.90 Å². The molecule has 0 spiro atoms. The van der Waals surface area contributed by atoms with Crippen molar-refractivity contribution in [2.45, 2.75) is 26.7 Å². The van der Waals surface area contributed by atoms with Gasteiger partial charge < -0.3 is 19.3 Å². The summed E-state index contributed by atoms with van der Waals surface area (Å²) < 4.78 is 11.3. The normalized spacial score (nSPS) is 14.2. The van der Waals surface area contributed by atoms with Crippen molar-refractivity contribution in [3.63, 3.8) is 0 Å². The molecule has 1 fully saturated rings. The lowest BCUT2D eigenvalue weighted by molar-refractivity contribution is -0.135. The molecule has 160 valence electrons. The van der Waals surface area contributed by atoms with Gasteiger partial charge in [0.05, 0.1) is 13.0 Å². The van der Waals surface area contributed by atoms with Crippen molar-refractivity contribution in [2.75, 3.05) is 39.4 Å². The molecule has 1 saturated heterocycles. The first kappa shape index (κ1) is 21.7. The van der Waals surface area contributed by atoms with Crippen LogP contribution < -0.4 is 9.47 Å². The van der Waals surface area contributed by atoms with Crippen LogP contribution >= 0.6 is 0 Å². The van der Waals surface area contributed by atoms with Crippen LogP contribution in [0.5, 0.6) is 11.5 Å². The van der Waals surface area contributed by atoms with Gasteiger partial charge >= 0.3 is 0 Å². The van der Waals surface area contributed by atoms with Crippen LogP contribution in [0.4, 0.5) is 0 Å². The first-order valence-electron chi connectivity index (χ1n) is 10.5. The molecule has 0 atom stereocenters.